The van der Waals surface area contributed by atoms with E-state index in [1.54, 1.807) is 0 Å². The summed E-state index contributed by atoms with van der Waals surface area (Å²) in [5.74, 6) is -3.07. The number of esters is 1. The van der Waals surface area contributed by atoms with E-state index in [9.17, 15) is 4.79 Å². The maximum Gasteiger partial charge on any atom is 0.311 e. The molecule has 8 heteroatoms. The molecule has 4 rings (SSSR count). The van der Waals surface area contributed by atoms with Gasteiger partial charge < -0.3 is 33.2 Å². The van der Waals surface area contributed by atoms with Crippen molar-refractivity contribution in [2.24, 2.45) is 0 Å². The standard InChI is InChI=1S/C16H24O8/c1-14(2)19-7-8(20-14)10-11-12-13(24-15(3,4)21-12)16(22-10,23-11)6-9(17)18-5/h8,10-13H,6-7H2,1-5H3/t8-,10-,11+,12-,13-,16+/m1/s1. The second-order valence-corrected chi connectivity index (χ2v) is 7.62. The summed E-state index contributed by atoms with van der Waals surface area (Å²) in [6.07, 6.45) is -1.94. The molecule has 0 saturated carbocycles. The Bertz CT molecular complexity index is 546. The molecule has 2 bridgehead atoms. The molecule has 0 aliphatic carbocycles. The zero-order valence-corrected chi connectivity index (χ0v) is 14.6. The van der Waals surface area contributed by atoms with Crippen molar-refractivity contribution in [1.82, 2.24) is 0 Å². The van der Waals surface area contributed by atoms with Crippen molar-refractivity contribution in [1.29, 1.82) is 0 Å². The Balaban J connectivity index is 1.60. The summed E-state index contributed by atoms with van der Waals surface area (Å²) in [7, 11) is 1.34. The Labute approximate surface area is 140 Å². The van der Waals surface area contributed by atoms with Gasteiger partial charge in [-0.1, -0.05) is 0 Å². The number of hydrogen-bond donors (Lipinski definition) is 0. The van der Waals surface area contributed by atoms with E-state index in [4.69, 9.17) is 33.2 Å². The third kappa shape index (κ3) is 2.48. The average molecular weight is 344 g/mol. The zero-order chi connectivity index (χ0) is 17.3. The van der Waals surface area contributed by atoms with Gasteiger partial charge in [-0.15, -0.1) is 0 Å². The number of ether oxygens (including phenoxy) is 7. The Kier molecular flexibility index (Phi) is 3.56. The first kappa shape index (κ1) is 16.7. The largest absolute Gasteiger partial charge is 0.469 e. The summed E-state index contributed by atoms with van der Waals surface area (Å²) in [6, 6.07) is 0. The van der Waals surface area contributed by atoms with Crippen LogP contribution in [0.2, 0.25) is 0 Å². The van der Waals surface area contributed by atoms with Crippen LogP contribution in [0.5, 0.6) is 0 Å². The van der Waals surface area contributed by atoms with Gasteiger partial charge in [0.2, 0.25) is 5.79 Å². The van der Waals surface area contributed by atoms with E-state index in [0.29, 0.717) is 6.61 Å². The number of rotatable bonds is 3. The Hall–Kier alpha value is -0.770. The van der Waals surface area contributed by atoms with Crippen LogP contribution < -0.4 is 0 Å². The Morgan fingerprint density at radius 2 is 1.67 bits per heavy atom. The molecule has 0 radical (unpaired) electrons. The van der Waals surface area contributed by atoms with Crippen molar-refractivity contribution in [3.8, 4) is 0 Å². The molecule has 136 valence electrons. The number of fused-ring (bicyclic) bond motifs is 5. The summed E-state index contributed by atoms with van der Waals surface area (Å²) in [4.78, 5) is 11.9. The predicted molar refractivity (Wildman–Crippen MR) is 77.8 cm³/mol. The van der Waals surface area contributed by atoms with Gasteiger partial charge in [-0.3, -0.25) is 4.79 Å². The van der Waals surface area contributed by atoms with Gasteiger partial charge in [0, 0.05) is 0 Å². The lowest BCUT2D eigenvalue weighted by Gasteiger charge is -2.35. The van der Waals surface area contributed by atoms with Crippen LogP contribution in [0.25, 0.3) is 0 Å². The zero-order valence-electron chi connectivity index (χ0n) is 14.6. The van der Waals surface area contributed by atoms with Crippen molar-refractivity contribution >= 4 is 5.97 Å². The van der Waals surface area contributed by atoms with E-state index < -0.39 is 35.5 Å². The number of hydrogen-bond acceptors (Lipinski definition) is 8. The molecule has 4 saturated heterocycles. The number of carbonyl (C=O) groups is 1. The number of carbonyl (C=O) groups excluding carboxylic acids is 1. The van der Waals surface area contributed by atoms with E-state index in [2.05, 4.69) is 0 Å². The molecule has 4 aliphatic rings. The first-order chi connectivity index (χ1) is 11.1. The van der Waals surface area contributed by atoms with Crippen LogP contribution in [0.4, 0.5) is 0 Å². The summed E-state index contributed by atoms with van der Waals surface area (Å²) in [6.45, 7) is 7.78. The summed E-state index contributed by atoms with van der Waals surface area (Å²) < 4.78 is 40.6. The molecule has 24 heavy (non-hydrogen) atoms. The van der Waals surface area contributed by atoms with Gasteiger partial charge in [-0.25, -0.2) is 0 Å². The van der Waals surface area contributed by atoms with Crippen LogP contribution in [0.1, 0.15) is 34.1 Å². The quantitative estimate of drug-likeness (QED) is 0.693. The van der Waals surface area contributed by atoms with Crippen molar-refractivity contribution in [2.75, 3.05) is 13.7 Å². The van der Waals surface area contributed by atoms with E-state index in [-0.39, 0.29) is 24.7 Å². The molecule has 4 fully saturated rings. The van der Waals surface area contributed by atoms with Crippen LogP contribution in [0, 0.1) is 0 Å². The first-order valence-corrected chi connectivity index (χ1v) is 8.25. The van der Waals surface area contributed by atoms with Crippen LogP contribution >= 0.6 is 0 Å². The maximum absolute atomic E-state index is 11.9. The fourth-order valence-corrected chi connectivity index (χ4v) is 4.00. The van der Waals surface area contributed by atoms with E-state index >= 15 is 0 Å². The minimum atomic E-state index is -1.21. The molecule has 0 aromatic rings. The number of methoxy groups -OCH3 is 1. The van der Waals surface area contributed by atoms with Gasteiger partial charge >= 0.3 is 5.97 Å². The second-order valence-electron chi connectivity index (χ2n) is 7.62. The van der Waals surface area contributed by atoms with Gasteiger partial charge in [0.05, 0.1) is 13.7 Å². The molecule has 0 amide bonds. The molecule has 8 nitrogen and oxygen atoms in total. The lowest BCUT2D eigenvalue weighted by molar-refractivity contribution is -0.254. The van der Waals surface area contributed by atoms with Gasteiger partial charge in [0.1, 0.15) is 36.9 Å². The van der Waals surface area contributed by atoms with E-state index in [0.717, 1.165) is 0 Å². The Morgan fingerprint density at radius 3 is 2.29 bits per heavy atom. The van der Waals surface area contributed by atoms with E-state index in [1.807, 2.05) is 27.7 Å². The lowest BCUT2D eigenvalue weighted by Crippen LogP contribution is -2.55. The highest BCUT2D eigenvalue weighted by Gasteiger charge is 2.72. The summed E-state index contributed by atoms with van der Waals surface area (Å²) >= 11 is 0. The first-order valence-electron chi connectivity index (χ1n) is 8.25. The van der Waals surface area contributed by atoms with Crippen molar-refractivity contribution < 1.29 is 38.0 Å². The van der Waals surface area contributed by atoms with Crippen LogP contribution in [0.15, 0.2) is 0 Å². The average Bonchev–Trinajstić information content (AvgIpc) is 3.16. The highest BCUT2D eigenvalue weighted by Crippen LogP contribution is 2.54. The molecule has 6 atom stereocenters. The fourth-order valence-electron chi connectivity index (χ4n) is 4.00. The lowest BCUT2D eigenvalue weighted by atomic mass is 9.94. The minimum Gasteiger partial charge on any atom is -0.469 e. The van der Waals surface area contributed by atoms with Gasteiger partial charge in [-0.2, -0.15) is 0 Å². The SMILES string of the molecule is COC(=O)C[C@]12O[C@H]([C@H]3OC(C)(C)O[C@H]31)[C@@H]([C@H]1COC(C)(C)O1)O2. The molecule has 0 aromatic heterocycles. The van der Waals surface area contributed by atoms with Crippen molar-refractivity contribution in [3.63, 3.8) is 0 Å². The van der Waals surface area contributed by atoms with Crippen LogP contribution in [-0.2, 0) is 38.0 Å². The molecular weight excluding hydrogens is 320 g/mol. The van der Waals surface area contributed by atoms with E-state index in [1.165, 1.54) is 7.11 Å². The molecule has 0 N–H and O–H groups in total. The minimum absolute atomic E-state index is 0.0614. The summed E-state index contributed by atoms with van der Waals surface area (Å²) in [5, 5.41) is 0. The molecule has 4 aliphatic heterocycles. The molecule has 0 spiro atoms. The third-order valence-electron chi connectivity index (χ3n) is 4.90. The topological polar surface area (TPSA) is 81.7 Å². The van der Waals surface area contributed by atoms with Crippen LogP contribution in [0.3, 0.4) is 0 Å². The van der Waals surface area contributed by atoms with Crippen molar-refractivity contribution in [3.05, 3.63) is 0 Å². The molecule has 0 unspecified atom stereocenters. The summed E-state index contributed by atoms with van der Waals surface area (Å²) in [5.41, 5.74) is 0. The predicted octanol–water partition coefficient (Wildman–Crippen LogP) is 0.715. The highest BCUT2D eigenvalue weighted by molar-refractivity contribution is 5.70. The van der Waals surface area contributed by atoms with Crippen LogP contribution in [-0.4, -0.2) is 67.6 Å². The maximum atomic E-state index is 11.9. The normalized spacial score (nSPS) is 47.8. The fraction of sp³-hybridized carbons (Fsp3) is 0.938. The Morgan fingerprint density at radius 1 is 0.958 bits per heavy atom. The highest BCUT2D eigenvalue weighted by atomic mass is 16.8. The molecule has 0 aromatic carbocycles. The van der Waals surface area contributed by atoms with Gasteiger partial charge in [0.25, 0.3) is 0 Å². The monoisotopic (exact) mass is 344 g/mol. The molecule has 4 heterocycles. The van der Waals surface area contributed by atoms with Gasteiger partial charge in [-0.05, 0) is 27.7 Å². The smallest absolute Gasteiger partial charge is 0.311 e. The molecular formula is C16H24O8. The van der Waals surface area contributed by atoms with Crippen molar-refractivity contribution in [2.45, 2.75) is 82.0 Å². The third-order valence-corrected chi connectivity index (χ3v) is 4.90. The van der Waals surface area contributed by atoms with Gasteiger partial charge in [0.15, 0.2) is 11.6 Å². The second kappa shape index (κ2) is 5.12.